The predicted molar refractivity (Wildman–Crippen MR) is 173 cm³/mol. The summed E-state index contributed by atoms with van der Waals surface area (Å²) in [5.74, 6) is 0.301. The van der Waals surface area contributed by atoms with Gasteiger partial charge in [-0.25, -0.2) is 0 Å². The Balaban J connectivity index is 1.35. The normalized spacial score (nSPS) is 13.4. The van der Waals surface area contributed by atoms with E-state index in [4.69, 9.17) is 4.52 Å². The van der Waals surface area contributed by atoms with Crippen molar-refractivity contribution in [3.63, 3.8) is 0 Å². The fraction of sp³-hybridized carbons (Fsp3) is 0.216. The lowest BCUT2D eigenvalue weighted by Gasteiger charge is -2.37. The molecule has 6 rings (SSSR count). The van der Waals surface area contributed by atoms with Gasteiger partial charge in [0.1, 0.15) is 11.8 Å². The molecule has 45 heavy (non-hydrogen) atoms. The van der Waals surface area contributed by atoms with Crippen molar-refractivity contribution in [3.8, 4) is 11.3 Å². The maximum Gasteiger partial charge on any atom is 0.247 e. The lowest BCUT2D eigenvalue weighted by molar-refractivity contribution is -0.144. The lowest BCUT2D eigenvalue weighted by atomic mass is 9.97. The van der Waals surface area contributed by atoms with Crippen molar-refractivity contribution in [1.82, 2.24) is 24.9 Å². The van der Waals surface area contributed by atoms with E-state index >= 15 is 0 Å². The van der Waals surface area contributed by atoms with Crippen LogP contribution >= 0.6 is 0 Å². The third kappa shape index (κ3) is 6.91. The molecule has 0 bridgehead atoms. The molecule has 2 amide bonds. The Morgan fingerprint density at radius 2 is 1.69 bits per heavy atom. The van der Waals surface area contributed by atoms with Gasteiger partial charge in [-0.2, -0.15) is 0 Å². The van der Waals surface area contributed by atoms with Crippen molar-refractivity contribution < 1.29 is 14.1 Å². The Kier molecular flexibility index (Phi) is 8.91. The van der Waals surface area contributed by atoms with Gasteiger partial charge in [0.25, 0.3) is 0 Å². The van der Waals surface area contributed by atoms with Crippen LogP contribution in [-0.2, 0) is 35.5 Å². The number of aryl methyl sites for hydroxylation is 2. The summed E-state index contributed by atoms with van der Waals surface area (Å²) in [6, 6.07) is 25.3. The molecule has 3 aromatic carbocycles. The standard InChI is InChI=1S/C37H35N5O3/c1-26-33(27(2)45-40-26)16-17-36(43)42(24-29-12-14-31(15-13-29)34-23-38-19-20-39-34)35(22-28-8-4-3-5-9-28)37(44)41-21-18-30-10-6-7-11-32(30)25-41/h3-17,19-20,23,35H,18,21-22,24-25H2,1-2H3/t35-/m0/s1. The molecule has 0 N–H and O–H groups in total. The molecule has 1 atom stereocenters. The van der Waals surface area contributed by atoms with Crippen LogP contribution in [0.5, 0.6) is 0 Å². The summed E-state index contributed by atoms with van der Waals surface area (Å²) in [5, 5.41) is 4.02. The van der Waals surface area contributed by atoms with Gasteiger partial charge in [-0.1, -0.05) is 84.0 Å². The predicted octanol–water partition coefficient (Wildman–Crippen LogP) is 5.99. The zero-order chi connectivity index (χ0) is 31.2. The molecule has 0 saturated carbocycles. The first-order valence-electron chi connectivity index (χ1n) is 15.1. The highest BCUT2D eigenvalue weighted by Crippen LogP contribution is 2.24. The molecular weight excluding hydrogens is 562 g/mol. The number of rotatable bonds is 9. The van der Waals surface area contributed by atoms with Gasteiger partial charge in [0.05, 0.1) is 17.6 Å². The van der Waals surface area contributed by atoms with Crippen molar-refractivity contribution in [2.75, 3.05) is 6.54 Å². The second-order valence-corrected chi connectivity index (χ2v) is 11.3. The van der Waals surface area contributed by atoms with Crippen LogP contribution in [-0.4, -0.2) is 49.3 Å². The number of hydrogen-bond acceptors (Lipinski definition) is 6. The van der Waals surface area contributed by atoms with Gasteiger partial charge >= 0.3 is 0 Å². The highest BCUT2D eigenvalue weighted by molar-refractivity contribution is 5.96. The quantitative estimate of drug-likeness (QED) is 0.194. The zero-order valence-electron chi connectivity index (χ0n) is 25.5. The van der Waals surface area contributed by atoms with E-state index in [0.717, 1.165) is 39.9 Å². The number of benzene rings is 3. The minimum Gasteiger partial charge on any atom is -0.361 e. The molecule has 0 saturated heterocycles. The first kappa shape index (κ1) is 29.7. The first-order chi connectivity index (χ1) is 22.0. The molecule has 0 radical (unpaired) electrons. The summed E-state index contributed by atoms with van der Waals surface area (Å²) in [6.07, 6.45) is 9.45. The van der Waals surface area contributed by atoms with Gasteiger partial charge in [-0.3, -0.25) is 19.6 Å². The second-order valence-electron chi connectivity index (χ2n) is 11.3. The van der Waals surface area contributed by atoms with Gasteiger partial charge < -0.3 is 14.3 Å². The highest BCUT2D eigenvalue weighted by Gasteiger charge is 2.34. The van der Waals surface area contributed by atoms with Gasteiger partial charge in [0, 0.05) is 55.7 Å². The maximum absolute atomic E-state index is 14.5. The molecule has 2 aromatic heterocycles. The van der Waals surface area contributed by atoms with Gasteiger partial charge in [0.2, 0.25) is 11.8 Å². The number of nitrogens with zero attached hydrogens (tertiary/aromatic N) is 5. The summed E-state index contributed by atoms with van der Waals surface area (Å²) >= 11 is 0. The van der Waals surface area contributed by atoms with E-state index in [1.165, 1.54) is 11.6 Å². The van der Waals surface area contributed by atoms with Crippen molar-refractivity contribution >= 4 is 17.9 Å². The van der Waals surface area contributed by atoms with Crippen LogP contribution in [0.1, 0.15) is 39.3 Å². The first-order valence-corrected chi connectivity index (χ1v) is 15.1. The molecule has 3 heterocycles. The van der Waals surface area contributed by atoms with Crippen LogP contribution in [0.15, 0.2) is 108 Å². The topological polar surface area (TPSA) is 92.4 Å². The molecule has 0 spiro atoms. The Bertz CT molecular complexity index is 1780. The molecule has 1 aliphatic heterocycles. The monoisotopic (exact) mass is 597 g/mol. The molecule has 0 unspecified atom stereocenters. The Hall–Kier alpha value is -5.37. The number of carbonyl (C=O) groups excluding carboxylic acids is 2. The zero-order valence-corrected chi connectivity index (χ0v) is 25.5. The molecule has 0 aliphatic carbocycles. The largest absolute Gasteiger partial charge is 0.361 e. The summed E-state index contributed by atoms with van der Waals surface area (Å²) in [6.45, 7) is 5.03. The summed E-state index contributed by atoms with van der Waals surface area (Å²) in [4.78, 5) is 40.8. The third-order valence-electron chi connectivity index (χ3n) is 8.31. The smallest absolute Gasteiger partial charge is 0.247 e. The molecule has 8 heteroatoms. The van der Waals surface area contributed by atoms with Crippen molar-refractivity contribution in [2.45, 2.75) is 45.8 Å². The summed E-state index contributed by atoms with van der Waals surface area (Å²) in [7, 11) is 0. The SMILES string of the molecule is Cc1noc(C)c1C=CC(=O)N(Cc1ccc(-c2cnccn2)cc1)[C@@H](Cc1ccccc1)C(=O)N1CCc2ccccc2C1. The van der Waals surface area contributed by atoms with Gasteiger partial charge in [-0.05, 0) is 48.6 Å². The van der Waals surface area contributed by atoms with Crippen LogP contribution < -0.4 is 0 Å². The van der Waals surface area contributed by atoms with E-state index in [1.54, 1.807) is 29.6 Å². The molecule has 0 fully saturated rings. The van der Waals surface area contributed by atoms with E-state index < -0.39 is 6.04 Å². The van der Waals surface area contributed by atoms with E-state index in [-0.39, 0.29) is 18.4 Å². The minimum absolute atomic E-state index is 0.0661. The highest BCUT2D eigenvalue weighted by atomic mass is 16.5. The van der Waals surface area contributed by atoms with Gasteiger partial charge in [-0.15, -0.1) is 0 Å². The van der Waals surface area contributed by atoms with Crippen molar-refractivity contribution in [2.24, 2.45) is 0 Å². The lowest BCUT2D eigenvalue weighted by Crippen LogP contribution is -2.52. The molecular formula is C37H35N5O3. The van der Waals surface area contributed by atoms with Crippen LogP contribution in [0.4, 0.5) is 0 Å². The Morgan fingerprint density at radius 3 is 2.40 bits per heavy atom. The van der Waals surface area contributed by atoms with Crippen LogP contribution in [0.3, 0.4) is 0 Å². The van der Waals surface area contributed by atoms with Crippen molar-refractivity contribution in [1.29, 1.82) is 0 Å². The van der Waals surface area contributed by atoms with E-state index in [2.05, 4.69) is 27.3 Å². The average molecular weight is 598 g/mol. The summed E-state index contributed by atoms with van der Waals surface area (Å²) < 4.78 is 5.31. The minimum atomic E-state index is -0.723. The number of hydrogen-bond donors (Lipinski definition) is 0. The Morgan fingerprint density at radius 1 is 0.933 bits per heavy atom. The molecule has 8 nitrogen and oxygen atoms in total. The molecule has 1 aliphatic rings. The maximum atomic E-state index is 14.5. The number of fused-ring (bicyclic) bond motifs is 1. The van der Waals surface area contributed by atoms with Crippen LogP contribution in [0, 0.1) is 13.8 Å². The number of amides is 2. The second kappa shape index (κ2) is 13.5. The van der Waals surface area contributed by atoms with Crippen LogP contribution in [0.2, 0.25) is 0 Å². The van der Waals surface area contributed by atoms with E-state index in [0.29, 0.717) is 31.0 Å². The fourth-order valence-electron chi connectivity index (χ4n) is 5.81. The fourth-order valence-corrected chi connectivity index (χ4v) is 5.81. The van der Waals surface area contributed by atoms with E-state index in [1.807, 2.05) is 85.5 Å². The molecule has 226 valence electrons. The third-order valence-corrected chi connectivity index (χ3v) is 8.31. The Labute approximate surface area is 263 Å². The van der Waals surface area contributed by atoms with Gasteiger partial charge in [0.15, 0.2) is 0 Å². The van der Waals surface area contributed by atoms with Crippen LogP contribution in [0.25, 0.3) is 17.3 Å². The van der Waals surface area contributed by atoms with Crippen molar-refractivity contribution in [3.05, 3.63) is 143 Å². The number of aromatic nitrogens is 3. The summed E-state index contributed by atoms with van der Waals surface area (Å²) in [5.41, 5.74) is 7.44. The average Bonchev–Trinajstić information content (AvgIpc) is 3.41. The molecule has 5 aromatic rings. The number of carbonyl (C=O) groups is 2. The van der Waals surface area contributed by atoms with E-state index in [9.17, 15) is 9.59 Å².